The van der Waals surface area contributed by atoms with Crippen molar-refractivity contribution in [1.29, 1.82) is 0 Å². The second-order valence-corrected chi connectivity index (χ2v) is 3.18. The average molecular weight is 151 g/mol. The zero-order chi connectivity index (χ0) is 6.97. The van der Waals surface area contributed by atoms with Crippen molar-refractivity contribution in [3.8, 4) is 0 Å². The third-order valence-corrected chi connectivity index (χ3v) is 2.36. The molecule has 0 saturated carbocycles. The van der Waals surface area contributed by atoms with E-state index in [1.54, 1.807) is 0 Å². The maximum absolute atomic E-state index is 3.35. The standard InChI is InChI=1S/C8H10NP/c10-7-3-1-2-6-4-5-9-8(6)7/h1-3,9H,4-5,10H2. The quantitative estimate of drug-likeness (QED) is 0.548. The number of fused-ring (bicyclic) bond motifs is 1. The van der Waals surface area contributed by atoms with Crippen LogP contribution >= 0.6 is 9.24 Å². The molecule has 1 N–H and O–H groups in total. The van der Waals surface area contributed by atoms with Crippen LogP contribution in [0, 0.1) is 0 Å². The second kappa shape index (κ2) is 2.25. The number of hydrogen-bond donors (Lipinski definition) is 1. The lowest BCUT2D eigenvalue weighted by molar-refractivity contribution is 1.11. The number of para-hydroxylation sites is 1. The zero-order valence-electron chi connectivity index (χ0n) is 5.72. The molecule has 0 bridgehead atoms. The summed E-state index contributed by atoms with van der Waals surface area (Å²) in [5, 5.41) is 4.63. The maximum Gasteiger partial charge on any atom is 0.0446 e. The van der Waals surface area contributed by atoms with Gasteiger partial charge in [-0.2, -0.15) is 0 Å². The molecule has 1 aliphatic rings. The first-order valence-corrected chi connectivity index (χ1v) is 4.07. The number of hydrogen-bond acceptors (Lipinski definition) is 1. The minimum atomic E-state index is 1.10. The van der Waals surface area contributed by atoms with Gasteiger partial charge in [-0.15, -0.1) is 9.24 Å². The van der Waals surface area contributed by atoms with Crippen LogP contribution in [0.1, 0.15) is 5.56 Å². The van der Waals surface area contributed by atoms with E-state index in [-0.39, 0.29) is 0 Å². The molecule has 0 saturated heterocycles. The van der Waals surface area contributed by atoms with Crippen LogP contribution in [0.3, 0.4) is 0 Å². The third kappa shape index (κ3) is 0.819. The normalized spacial score (nSPS) is 14.5. The molecule has 2 heteroatoms. The summed E-state index contributed by atoms with van der Waals surface area (Å²) in [6.07, 6.45) is 1.18. The fourth-order valence-electron chi connectivity index (χ4n) is 1.37. The molecule has 1 aromatic carbocycles. The van der Waals surface area contributed by atoms with E-state index in [9.17, 15) is 0 Å². The molecule has 1 unspecified atom stereocenters. The number of nitrogens with one attached hydrogen (secondary N) is 1. The summed E-state index contributed by atoms with van der Waals surface area (Å²) in [6.45, 7) is 1.10. The van der Waals surface area contributed by atoms with E-state index >= 15 is 0 Å². The molecule has 0 aromatic heterocycles. The average Bonchev–Trinajstić information content (AvgIpc) is 2.36. The van der Waals surface area contributed by atoms with Crippen molar-refractivity contribution in [1.82, 2.24) is 0 Å². The molecule has 1 aromatic rings. The highest BCUT2D eigenvalue weighted by molar-refractivity contribution is 7.28. The van der Waals surface area contributed by atoms with Crippen molar-refractivity contribution in [2.45, 2.75) is 6.42 Å². The van der Waals surface area contributed by atoms with Crippen molar-refractivity contribution < 1.29 is 0 Å². The van der Waals surface area contributed by atoms with E-state index in [0.717, 1.165) is 6.54 Å². The summed E-state index contributed by atoms with van der Waals surface area (Å²) in [5.41, 5.74) is 2.78. The predicted molar refractivity (Wildman–Crippen MR) is 48.0 cm³/mol. The Morgan fingerprint density at radius 1 is 1.40 bits per heavy atom. The minimum Gasteiger partial charge on any atom is -0.384 e. The first-order valence-electron chi connectivity index (χ1n) is 3.49. The highest BCUT2D eigenvalue weighted by Gasteiger charge is 2.09. The largest absolute Gasteiger partial charge is 0.384 e. The van der Waals surface area contributed by atoms with Gasteiger partial charge in [0.1, 0.15) is 0 Å². The Morgan fingerprint density at radius 3 is 3.10 bits per heavy atom. The summed E-state index contributed by atoms with van der Waals surface area (Å²) in [4.78, 5) is 0. The van der Waals surface area contributed by atoms with Gasteiger partial charge in [-0.25, -0.2) is 0 Å². The zero-order valence-corrected chi connectivity index (χ0v) is 6.88. The van der Waals surface area contributed by atoms with Crippen LogP contribution in [0.4, 0.5) is 5.69 Å². The van der Waals surface area contributed by atoms with E-state index in [0.29, 0.717) is 0 Å². The molecule has 0 amide bonds. The fourth-order valence-corrected chi connectivity index (χ4v) is 1.76. The molecule has 52 valence electrons. The molecule has 2 rings (SSSR count). The van der Waals surface area contributed by atoms with Gasteiger partial charge in [-0.05, 0) is 17.3 Å². The Morgan fingerprint density at radius 2 is 2.30 bits per heavy atom. The Labute approximate surface area is 63.0 Å². The monoisotopic (exact) mass is 151 g/mol. The van der Waals surface area contributed by atoms with E-state index in [4.69, 9.17) is 0 Å². The Kier molecular flexibility index (Phi) is 1.39. The fraction of sp³-hybridized carbons (Fsp3) is 0.250. The number of rotatable bonds is 0. The lowest BCUT2D eigenvalue weighted by Crippen LogP contribution is -2.00. The van der Waals surface area contributed by atoms with Crippen LogP contribution in [0.15, 0.2) is 18.2 Å². The van der Waals surface area contributed by atoms with Crippen molar-refractivity contribution in [2.75, 3.05) is 11.9 Å². The van der Waals surface area contributed by atoms with Gasteiger partial charge in [0.2, 0.25) is 0 Å². The number of benzene rings is 1. The van der Waals surface area contributed by atoms with Crippen molar-refractivity contribution in [2.24, 2.45) is 0 Å². The van der Waals surface area contributed by atoms with Gasteiger partial charge in [0, 0.05) is 12.2 Å². The lowest BCUT2D eigenvalue weighted by atomic mass is 10.2. The van der Waals surface area contributed by atoms with Crippen LogP contribution in [0.25, 0.3) is 0 Å². The van der Waals surface area contributed by atoms with Crippen LogP contribution in [0.2, 0.25) is 0 Å². The topological polar surface area (TPSA) is 12.0 Å². The van der Waals surface area contributed by atoms with Gasteiger partial charge in [0.15, 0.2) is 0 Å². The van der Waals surface area contributed by atoms with E-state index in [1.165, 1.54) is 23.0 Å². The molecule has 1 aliphatic heterocycles. The van der Waals surface area contributed by atoms with Gasteiger partial charge in [-0.3, -0.25) is 0 Å². The summed E-state index contributed by atoms with van der Waals surface area (Å²) in [6, 6.07) is 6.40. The molecule has 1 heterocycles. The van der Waals surface area contributed by atoms with Crippen molar-refractivity contribution in [3.05, 3.63) is 23.8 Å². The highest BCUT2D eigenvalue weighted by atomic mass is 31.0. The van der Waals surface area contributed by atoms with E-state index < -0.39 is 0 Å². The highest BCUT2D eigenvalue weighted by Crippen LogP contribution is 2.20. The Bertz CT molecular complexity index is 257. The van der Waals surface area contributed by atoms with Gasteiger partial charge < -0.3 is 5.32 Å². The SMILES string of the molecule is Pc1cccc2c1NCC2. The molecule has 0 radical (unpaired) electrons. The summed E-state index contributed by atoms with van der Waals surface area (Å²) in [5.74, 6) is 0. The summed E-state index contributed by atoms with van der Waals surface area (Å²) >= 11 is 0. The molecule has 1 atom stereocenters. The molecule has 0 fully saturated rings. The maximum atomic E-state index is 3.35. The molecular formula is C8H10NP. The third-order valence-electron chi connectivity index (χ3n) is 1.88. The van der Waals surface area contributed by atoms with Gasteiger partial charge in [-0.1, -0.05) is 18.2 Å². The van der Waals surface area contributed by atoms with Gasteiger partial charge in [0.05, 0.1) is 0 Å². The van der Waals surface area contributed by atoms with Gasteiger partial charge >= 0.3 is 0 Å². The van der Waals surface area contributed by atoms with Crippen LogP contribution in [-0.2, 0) is 6.42 Å². The number of anilines is 1. The Hall–Kier alpha value is -0.550. The molecule has 10 heavy (non-hydrogen) atoms. The van der Waals surface area contributed by atoms with E-state index in [1.807, 2.05) is 0 Å². The van der Waals surface area contributed by atoms with Crippen LogP contribution in [0.5, 0.6) is 0 Å². The van der Waals surface area contributed by atoms with Crippen LogP contribution in [-0.4, -0.2) is 6.54 Å². The first-order chi connectivity index (χ1) is 4.88. The molecular weight excluding hydrogens is 141 g/mol. The van der Waals surface area contributed by atoms with E-state index in [2.05, 4.69) is 32.8 Å². The summed E-state index contributed by atoms with van der Waals surface area (Å²) < 4.78 is 0. The second-order valence-electron chi connectivity index (χ2n) is 2.56. The predicted octanol–water partition coefficient (Wildman–Crippen LogP) is 1.16. The smallest absolute Gasteiger partial charge is 0.0446 e. The lowest BCUT2D eigenvalue weighted by Gasteiger charge is -2.01. The van der Waals surface area contributed by atoms with Crippen molar-refractivity contribution in [3.63, 3.8) is 0 Å². The van der Waals surface area contributed by atoms with Crippen molar-refractivity contribution >= 4 is 20.2 Å². The summed E-state index contributed by atoms with van der Waals surface area (Å²) in [7, 11) is 2.74. The Balaban J connectivity index is 2.59. The van der Waals surface area contributed by atoms with Gasteiger partial charge in [0.25, 0.3) is 0 Å². The molecule has 1 nitrogen and oxygen atoms in total. The molecule has 0 aliphatic carbocycles. The molecule has 0 spiro atoms. The minimum absolute atomic E-state index is 1.10. The first kappa shape index (κ1) is 6.18. The van der Waals surface area contributed by atoms with Crippen LogP contribution < -0.4 is 10.6 Å².